The fourth-order valence-electron chi connectivity index (χ4n) is 3.32. The number of aliphatic imine (C=N–C) groups is 1. The van der Waals surface area contributed by atoms with Crippen molar-refractivity contribution >= 4 is 46.2 Å². The molecule has 3 heterocycles. The molecule has 134 valence electrons. The highest BCUT2D eigenvalue weighted by molar-refractivity contribution is 14.0. The van der Waals surface area contributed by atoms with Gasteiger partial charge in [-0.25, -0.2) is 9.98 Å². The van der Waals surface area contributed by atoms with E-state index in [1.54, 1.807) is 11.3 Å². The Balaban J connectivity index is 0.00000208. The fraction of sp³-hybridized carbons (Fsp3) is 0.647. The van der Waals surface area contributed by atoms with Crippen molar-refractivity contribution < 1.29 is 0 Å². The van der Waals surface area contributed by atoms with Crippen LogP contribution in [0, 0.1) is 11.8 Å². The van der Waals surface area contributed by atoms with Crippen LogP contribution in [-0.2, 0) is 6.54 Å². The minimum atomic E-state index is 0. The highest BCUT2D eigenvalue weighted by Gasteiger charge is 2.25. The monoisotopic (exact) mass is 461 g/mol. The second kappa shape index (κ2) is 9.03. The summed E-state index contributed by atoms with van der Waals surface area (Å²) in [5.41, 5.74) is 1.03. The number of imidazole rings is 1. The normalized spacial score (nSPS) is 18.4. The zero-order valence-electron chi connectivity index (χ0n) is 14.7. The Bertz CT molecular complexity index is 634. The first-order chi connectivity index (χ1) is 11.2. The molecule has 0 radical (unpaired) electrons. The van der Waals surface area contributed by atoms with Crippen LogP contribution in [0.15, 0.2) is 22.8 Å². The zero-order valence-corrected chi connectivity index (χ0v) is 17.9. The molecule has 1 aliphatic rings. The van der Waals surface area contributed by atoms with Crippen molar-refractivity contribution in [2.75, 3.05) is 19.6 Å². The molecule has 1 saturated heterocycles. The largest absolute Gasteiger partial charge is 0.357 e. The van der Waals surface area contributed by atoms with Crippen molar-refractivity contribution in [1.82, 2.24) is 19.6 Å². The summed E-state index contributed by atoms with van der Waals surface area (Å²) < 4.78 is 2.07. The number of nitrogens with one attached hydrogen (secondary N) is 1. The number of guanidine groups is 1. The van der Waals surface area contributed by atoms with E-state index in [0.717, 1.165) is 48.1 Å². The maximum atomic E-state index is 4.81. The van der Waals surface area contributed by atoms with E-state index in [1.165, 1.54) is 12.8 Å². The van der Waals surface area contributed by atoms with E-state index in [4.69, 9.17) is 4.99 Å². The molecule has 24 heavy (non-hydrogen) atoms. The van der Waals surface area contributed by atoms with E-state index >= 15 is 0 Å². The summed E-state index contributed by atoms with van der Waals surface area (Å²) >= 11 is 1.66. The molecule has 0 amide bonds. The quantitative estimate of drug-likeness (QED) is 0.418. The molecule has 1 atom stereocenters. The molecule has 2 aromatic heterocycles. The summed E-state index contributed by atoms with van der Waals surface area (Å²) in [4.78, 5) is 12.9. The van der Waals surface area contributed by atoms with Gasteiger partial charge in [-0.2, -0.15) is 0 Å². The smallest absolute Gasteiger partial charge is 0.194 e. The topological polar surface area (TPSA) is 44.9 Å². The van der Waals surface area contributed by atoms with Crippen LogP contribution in [0.2, 0.25) is 0 Å². The maximum absolute atomic E-state index is 4.81. The number of likely N-dealkylation sites (tertiary alicyclic amines) is 1. The second-order valence-corrected chi connectivity index (χ2v) is 7.60. The van der Waals surface area contributed by atoms with Crippen molar-refractivity contribution in [2.24, 2.45) is 16.8 Å². The minimum Gasteiger partial charge on any atom is -0.357 e. The van der Waals surface area contributed by atoms with Crippen molar-refractivity contribution in [3.8, 4) is 0 Å². The molecule has 2 aromatic rings. The summed E-state index contributed by atoms with van der Waals surface area (Å²) in [5.74, 6) is 2.62. The predicted molar refractivity (Wildman–Crippen MR) is 112 cm³/mol. The lowest BCUT2D eigenvalue weighted by Crippen LogP contribution is -2.40. The minimum absolute atomic E-state index is 0. The molecule has 1 fully saturated rings. The van der Waals surface area contributed by atoms with Gasteiger partial charge in [-0.15, -0.1) is 35.3 Å². The number of hydrogen-bond donors (Lipinski definition) is 1. The summed E-state index contributed by atoms with van der Waals surface area (Å²) in [6, 6.07) is 0. The number of halogens is 1. The van der Waals surface area contributed by atoms with E-state index in [0.29, 0.717) is 6.54 Å². The lowest BCUT2D eigenvalue weighted by molar-refractivity contribution is 0.403. The molecular formula is C17H28IN5S. The Morgan fingerprint density at radius 3 is 3.04 bits per heavy atom. The van der Waals surface area contributed by atoms with Crippen LogP contribution in [0.25, 0.3) is 4.96 Å². The summed E-state index contributed by atoms with van der Waals surface area (Å²) in [5, 5.41) is 5.49. The van der Waals surface area contributed by atoms with E-state index in [2.05, 4.69) is 51.9 Å². The summed E-state index contributed by atoms with van der Waals surface area (Å²) in [6.45, 7) is 10.5. The van der Waals surface area contributed by atoms with Gasteiger partial charge in [0.2, 0.25) is 0 Å². The first kappa shape index (κ1) is 19.5. The third-order valence-electron chi connectivity index (χ3n) is 4.26. The fourth-order valence-corrected chi connectivity index (χ4v) is 4.04. The van der Waals surface area contributed by atoms with Crippen molar-refractivity contribution in [2.45, 2.75) is 40.2 Å². The average Bonchev–Trinajstić information content (AvgIpc) is 3.18. The van der Waals surface area contributed by atoms with E-state index in [1.807, 2.05) is 6.20 Å². The molecule has 0 aromatic carbocycles. The molecule has 0 aliphatic carbocycles. The van der Waals surface area contributed by atoms with E-state index in [-0.39, 0.29) is 24.0 Å². The molecule has 0 spiro atoms. The Morgan fingerprint density at radius 2 is 2.33 bits per heavy atom. The van der Waals surface area contributed by atoms with Crippen LogP contribution in [-0.4, -0.2) is 39.9 Å². The number of hydrogen-bond acceptors (Lipinski definition) is 3. The van der Waals surface area contributed by atoms with Gasteiger partial charge in [0.05, 0.1) is 12.2 Å². The molecule has 0 saturated carbocycles. The predicted octanol–water partition coefficient (Wildman–Crippen LogP) is 3.85. The number of fused-ring (bicyclic) bond motifs is 1. The SMILES string of the molecule is CCNC(=NCc1cn2ccsc2n1)N1CCC(CC(C)C)C1.I. The molecule has 0 bridgehead atoms. The van der Waals surface area contributed by atoms with Crippen LogP contribution < -0.4 is 5.32 Å². The maximum Gasteiger partial charge on any atom is 0.194 e. The lowest BCUT2D eigenvalue weighted by atomic mass is 9.97. The molecular weight excluding hydrogens is 433 g/mol. The van der Waals surface area contributed by atoms with Crippen molar-refractivity contribution in [1.29, 1.82) is 0 Å². The van der Waals surface area contributed by atoms with Crippen molar-refractivity contribution in [3.63, 3.8) is 0 Å². The molecule has 1 unspecified atom stereocenters. The standard InChI is InChI=1S/C17H27N5S.HI/c1-4-18-16(21-6-5-14(11-21)9-13(2)3)19-10-15-12-22-7-8-23-17(22)20-15;/h7-8,12-14H,4-6,9-11H2,1-3H3,(H,18,19);1H. The average molecular weight is 461 g/mol. The summed E-state index contributed by atoms with van der Waals surface area (Å²) in [7, 11) is 0. The number of rotatable bonds is 5. The molecule has 5 nitrogen and oxygen atoms in total. The highest BCUT2D eigenvalue weighted by Crippen LogP contribution is 2.23. The summed E-state index contributed by atoms with van der Waals surface area (Å²) in [6.07, 6.45) is 6.71. The van der Waals surface area contributed by atoms with Gasteiger partial charge in [0.15, 0.2) is 10.9 Å². The molecule has 1 aliphatic heterocycles. The van der Waals surface area contributed by atoms with Crippen LogP contribution in [0.3, 0.4) is 0 Å². The van der Waals surface area contributed by atoms with Crippen LogP contribution in [0.4, 0.5) is 0 Å². The van der Waals surface area contributed by atoms with Crippen LogP contribution in [0.5, 0.6) is 0 Å². The van der Waals surface area contributed by atoms with Gasteiger partial charge in [-0.3, -0.25) is 4.40 Å². The van der Waals surface area contributed by atoms with Gasteiger partial charge in [0.1, 0.15) is 0 Å². The van der Waals surface area contributed by atoms with Gasteiger partial charge in [0, 0.05) is 37.4 Å². The van der Waals surface area contributed by atoms with E-state index in [9.17, 15) is 0 Å². The number of thiazole rings is 1. The van der Waals surface area contributed by atoms with Gasteiger partial charge in [0.25, 0.3) is 0 Å². The molecule has 7 heteroatoms. The van der Waals surface area contributed by atoms with Gasteiger partial charge >= 0.3 is 0 Å². The first-order valence-electron chi connectivity index (χ1n) is 8.60. The van der Waals surface area contributed by atoms with Crippen molar-refractivity contribution in [3.05, 3.63) is 23.5 Å². The van der Waals surface area contributed by atoms with Crippen LogP contribution in [0.1, 0.15) is 39.3 Å². The first-order valence-corrected chi connectivity index (χ1v) is 9.48. The molecule has 1 N–H and O–H groups in total. The molecule has 3 rings (SSSR count). The number of nitrogens with zero attached hydrogens (tertiary/aromatic N) is 4. The Kier molecular flexibility index (Phi) is 7.34. The second-order valence-electron chi connectivity index (χ2n) is 6.73. The number of aromatic nitrogens is 2. The lowest BCUT2D eigenvalue weighted by Gasteiger charge is -2.22. The third-order valence-corrected chi connectivity index (χ3v) is 5.03. The van der Waals surface area contributed by atoms with Crippen LogP contribution >= 0.6 is 35.3 Å². The van der Waals surface area contributed by atoms with Gasteiger partial charge < -0.3 is 10.2 Å². The third kappa shape index (κ3) is 4.84. The van der Waals surface area contributed by atoms with E-state index < -0.39 is 0 Å². The van der Waals surface area contributed by atoms with Gasteiger partial charge in [-0.1, -0.05) is 13.8 Å². The Hall–Kier alpha value is -0.830. The Labute approximate surface area is 165 Å². The zero-order chi connectivity index (χ0) is 16.2. The van der Waals surface area contributed by atoms with Gasteiger partial charge in [-0.05, 0) is 31.6 Å². The highest BCUT2D eigenvalue weighted by atomic mass is 127. The Morgan fingerprint density at radius 1 is 1.50 bits per heavy atom.